The highest BCUT2D eigenvalue weighted by Gasteiger charge is 2.61. The number of sulfone groups is 1. The minimum Gasteiger partial charge on any atom is -0.463 e. The van der Waals surface area contributed by atoms with E-state index in [2.05, 4.69) is 19.9 Å². The molecule has 7 nitrogen and oxygen atoms in total. The maximum absolute atomic E-state index is 12.7. The van der Waals surface area contributed by atoms with Gasteiger partial charge in [0.1, 0.15) is 4.75 Å². The Bertz CT molecular complexity index is 882. The molecule has 4 rings (SSSR count). The van der Waals surface area contributed by atoms with Gasteiger partial charge in [-0.1, -0.05) is 6.07 Å². The smallest absolute Gasteiger partial charge is 0.316 e. The maximum atomic E-state index is 12.7. The molecule has 1 atom stereocenters. The lowest BCUT2D eigenvalue weighted by Crippen LogP contribution is -2.67. The van der Waals surface area contributed by atoms with Gasteiger partial charge in [0.05, 0.1) is 18.1 Å². The molecular formula is C18H22N4O3S. The number of aryl methyl sites for hydroxylation is 1. The Morgan fingerprint density at radius 1 is 1.23 bits per heavy atom. The number of rotatable bonds is 5. The summed E-state index contributed by atoms with van der Waals surface area (Å²) in [6.45, 7) is 4.04. The second kappa shape index (κ2) is 6.59. The van der Waals surface area contributed by atoms with Gasteiger partial charge < -0.3 is 4.74 Å². The number of nitrogens with zero attached hydrogens (tertiary/aromatic N) is 4. The van der Waals surface area contributed by atoms with Crippen LogP contribution in [0.2, 0.25) is 0 Å². The quantitative estimate of drug-likeness (QED) is 0.778. The summed E-state index contributed by atoms with van der Waals surface area (Å²) in [6, 6.07) is 7.94. The highest BCUT2D eigenvalue weighted by atomic mass is 32.2. The third-order valence-electron chi connectivity index (χ3n) is 5.37. The van der Waals surface area contributed by atoms with Crippen LogP contribution >= 0.6 is 0 Å². The van der Waals surface area contributed by atoms with Crippen LogP contribution in [-0.2, 0) is 16.4 Å². The number of ether oxygens (including phenoxy) is 1. The van der Waals surface area contributed by atoms with Crippen LogP contribution in [0.4, 0.5) is 0 Å². The number of pyridine rings is 1. The van der Waals surface area contributed by atoms with E-state index < -0.39 is 14.6 Å². The minimum absolute atomic E-state index is 0.0296. The maximum Gasteiger partial charge on any atom is 0.316 e. The predicted octanol–water partition coefficient (Wildman–Crippen LogP) is 1.25. The molecule has 2 aromatic heterocycles. The number of aromatic nitrogens is 3. The fourth-order valence-electron chi connectivity index (χ4n) is 3.98. The second-order valence-electron chi connectivity index (χ2n) is 7.13. The molecule has 0 saturated carbocycles. The highest BCUT2D eigenvalue weighted by Crippen LogP contribution is 2.45. The van der Waals surface area contributed by atoms with Crippen molar-refractivity contribution in [3.05, 3.63) is 48.0 Å². The molecule has 1 unspecified atom stereocenters. The SMILES string of the molecule is Cc1cccc(CN2CC3(C2)C(COc2ncccn2)CCS3(=O)=O)n1. The lowest BCUT2D eigenvalue weighted by molar-refractivity contribution is 0.0562. The minimum atomic E-state index is -3.12. The molecule has 26 heavy (non-hydrogen) atoms. The monoisotopic (exact) mass is 374 g/mol. The summed E-state index contributed by atoms with van der Waals surface area (Å²) in [5.74, 6) is 0.200. The first kappa shape index (κ1) is 17.4. The van der Waals surface area contributed by atoms with Crippen molar-refractivity contribution in [3.63, 3.8) is 0 Å². The lowest BCUT2D eigenvalue weighted by atomic mass is 9.83. The van der Waals surface area contributed by atoms with Crippen molar-refractivity contribution in [1.29, 1.82) is 0 Å². The van der Waals surface area contributed by atoms with Crippen LogP contribution in [0.1, 0.15) is 17.8 Å². The van der Waals surface area contributed by atoms with E-state index in [9.17, 15) is 8.42 Å². The summed E-state index contributed by atoms with van der Waals surface area (Å²) in [6.07, 6.45) is 3.86. The van der Waals surface area contributed by atoms with Crippen LogP contribution in [0, 0.1) is 12.8 Å². The first-order valence-electron chi connectivity index (χ1n) is 8.75. The average molecular weight is 374 g/mol. The third-order valence-corrected chi connectivity index (χ3v) is 7.97. The van der Waals surface area contributed by atoms with Gasteiger partial charge in [-0.2, -0.15) is 0 Å². The normalized spacial score (nSPS) is 23.7. The Labute approximate surface area is 153 Å². The Morgan fingerprint density at radius 3 is 2.73 bits per heavy atom. The van der Waals surface area contributed by atoms with E-state index in [1.54, 1.807) is 18.5 Å². The van der Waals surface area contributed by atoms with Crippen LogP contribution in [0.25, 0.3) is 0 Å². The van der Waals surface area contributed by atoms with Crippen LogP contribution in [0.5, 0.6) is 6.01 Å². The highest BCUT2D eigenvalue weighted by molar-refractivity contribution is 7.93. The van der Waals surface area contributed by atoms with Crippen LogP contribution < -0.4 is 4.74 Å². The number of hydrogen-bond donors (Lipinski definition) is 0. The van der Waals surface area contributed by atoms with E-state index in [0.29, 0.717) is 38.7 Å². The molecule has 0 radical (unpaired) electrons. The molecule has 2 aliphatic rings. The van der Waals surface area contributed by atoms with E-state index in [4.69, 9.17) is 4.74 Å². The second-order valence-corrected chi connectivity index (χ2v) is 9.58. The van der Waals surface area contributed by atoms with Gasteiger partial charge in [0.25, 0.3) is 0 Å². The molecule has 2 saturated heterocycles. The van der Waals surface area contributed by atoms with Crippen molar-refractivity contribution in [2.45, 2.75) is 24.6 Å². The largest absolute Gasteiger partial charge is 0.463 e. The van der Waals surface area contributed by atoms with Crippen LogP contribution in [0.15, 0.2) is 36.7 Å². The molecular weight excluding hydrogens is 352 g/mol. The summed E-state index contributed by atoms with van der Waals surface area (Å²) in [5.41, 5.74) is 1.95. The molecule has 2 aromatic rings. The zero-order chi connectivity index (χ0) is 18.2. The molecule has 2 aliphatic heterocycles. The van der Waals surface area contributed by atoms with E-state index in [0.717, 1.165) is 11.4 Å². The predicted molar refractivity (Wildman–Crippen MR) is 96.4 cm³/mol. The van der Waals surface area contributed by atoms with Gasteiger partial charge in [0.15, 0.2) is 9.84 Å². The molecule has 0 aliphatic carbocycles. The zero-order valence-electron chi connectivity index (χ0n) is 14.7. The molecule has 0 bridgehead atoms. The van der Waals surface area contributed by atoms with Crippen LogP contribution in [0.3, 0.4) is 0 Å². The van der Waals surface area contributed by atoms with Crippen LogP contribution in [-0.4, -0.2) is 58.5 Å². The fourth-order valence-corrected chi connectivity index (χ4v) is 6.44. The molecule has 138 valence electrons. The summed E-state index contributed by atoms with van der Waals surface area (Å²) in [7, 11) is -3.12. The van der Waals surface area contributed by atoms with E-state index >= 15 is 0 Å². The van der Waals surface area contributed by atoms with Crippen molar-refractivity contribution < 1.29 is 13.2 Å². The van der Waals surface area contributed by atoms with Gasteiger partial charge in [-0.15, -0.1) is 0 Å². The van der Waals surface area contributed by atoms with Crippen molar-refractivity contribution in [3.8, 4) is 6.01 Å². The molecule has 0 aromatic carbocycles. The summed E-state index contributed by atoms with van der Waals surface area (Å²) in [5, 5.41) is 0. The van der Waals surface area contributed by atoms with Crippen molar-refractivity contribution >= 4 is 9.84 Å². The van der Waals surface area contributed by atoms with Gasteiger partial charge in [0.2, 0.25) is 0 Å². The fraction of sp³-hybridized carbons (Fsp3) is 0.500. The molecule has 0 amide bonds. The van der Waals surface area contributed by atoms with E-state index in [1.807, 2.05) is 25.1 Å². The zero-order valence-corrected chi connectivity index (χ0v) is 15.5. The Kier molecular flexibility index (Phi) is 4.40. The van der Waals surface area contributed by atoms with Gasteiger partial charge >= 0.3 is 6.01 Å². The van der Waals surface area contributed by atoms with Crippen molar-refractivity contribution in [1.82, 2.24) is 19.9 Å². The Hall–Kier alpha value is -2.06. The third kappa shape index (κ3) is 3.07. The molecule has 4 heterocycles. The van der Waals surface area contributed by atoms with Gasteiger partial charge in [0, 0.05) is 43.6 Å². The molecule has 8 heteroatoms. The number of likely N-dealkylation sites (tertiary alicyclic amines) is 1. The van der Waals surface area contributed by atoms with E-state index in [1.165, 1.54) is 0 Å². The van der Waals surface area contributed by atoms with Crippen molar-refractivity contribution in [2.24, 2.45) is 5.92 Å². The topological polar surface area (TPSA) is 85.3 Å². The first-order valence-corrected chi connectivity index (χ1v) is 10.4. The Morgan fingerprint density at radius 2 is 2.00 bits per heavy atom. The van der Waals surface area contributed by atoms with Gasteiger partial charge in [-0.25, -0.2) is 18.4 Å². The Balaban J connectivity index is 1.43. The van der Waals surface area contributed by atoms with Gasteiger partial charge in [-0.3, -0.25) is 9.88 Å². The summed E-state index contributed by atoms with van der Waals surface area (Å²) >= 11 is 0. The summed E-state index contributed by atoms with van der Waals surface area (Å²) < 4.78 is 30.4. The molecule has 1 spiro atoms. The van der Waals surface area contributed by atoms with Crippen molar-refractivity contribution in [2.75, 3.05) is 25.4 Å². The first-order chi connectivity index (χ1) is 12.5. The number of hydrogen-bond acceptors (Lipinski definition) is 7. The lowest BCUT2D eigenvalue weighted by Gasteiger charge is -2.49. The van der Waals surface area contributed by atoms with Gasteiger partial charge in [-0.05, 0) is 31.5 Å². The van der Waals surface area contributed by atoms with E-state index in [-0.39, 0.29) is 11.7 Å². The summed E-state index contributed by atoms with van der Waals surface area (Å²) in [4.78, 5) is 14.7. The molecule has 0 N–H and O–H groups in total. The standard InChI is InChI=1S/C18H22N4O3S/c1-14-4-2-5-16(21-14)10-22-12-18(13-22)15(6-9-26(18,23)24)11-25-17-19-7-3-8-20-17/h2-5,7-8,15H,6,9-13H2,1H3. The average Bonchev–Trinajstić information content (AvgIpc) is 2.85. The molecule has 2 fully saturated rings.